The van der Waals surface area contributed by atoms with Crippen molar-refractivity contribution >= 4 is 33.4 Å². The van der Waals surface area contributed by atoms with E-state index < -0.39 is 0 Å². The molecule has 5 nitrogen and oxygen atoms in total. The van der Waals surface area contributed by atoms with Gasteiger partial charge in [-0.25, -0.2) is 14.1 Å². The van der Waals surface area contributed by atoms with Crippen LogP contribution in [0.2, 0.25) is 0 Å². The van der Waals surface area contributed by atoms with E-state index in [1.807, 2.05) is 71.6 Å². The number of para-hydroxylation sites is 3. The van der Waals surface area contributed by atoms with E-state index in [0.29, 0.717) is 15.4 Å². The maximum atomic E-state index is 13.3. The lowest BCUT2D eigenvalue weighted by molar-refractivity contribution is 0.866. The summed E-state index contributed by atoms with van der Waals surface area (Å²) in [7, 11) is 0. The number of hydrogen-bond acceptors (Lipinski definition) is 4. The Balaban J connectivity index is 1.55. The molecule has 0 fully saturated rings. The standard InChI is InChI=1S/C28H22N4OS/c1-18(2)19-12-14-20(15-13-19)26-21(17-31(30-26)22-8-4-3-5-9-22)16-25-27(33)32-24-11-7-6-10-23(24)29-28(32)34-25/h3-18H,1-2H3/b25-16-. The summed E-state index contributed by atoms with van der Waals surface area (Å²) in [6, 6.07) is 26.3. The third-order valence-electron chi connectivity index (χ3n) is 6.05. The molecule has 0 radical (unpaired) electrons. The van der Waals surface area contributed by atoms with Gasteiger partial charge < -0.3 is 0 Å². The van der Waals surface area contributed by atoms with Crippen LogP contribution >= 0.6 is 11.3 Å². The van der Waals surface area contributed by atoms with E-state index in [4.69, 9.17) is 5.10 Å². The second kappa shape index (κ2) is 8.08. The van der Waals surface area contributed by atoms with Gasteiger partial charge in [0.2, 0.25) is 0 Å². The predicted octanol–water partition coefficient (Wildman–Crippen LogP) is 5.43. The monoisotopic (exact) mass is 462 g/mol. The molecule has 6 heteroatoms. The molecule has 3 aromatic heterocycles. The topological polar surface area (TPSA) is 52.2 Å². The van der Waals surface area contributed by atoms with Crippen LogP contribution in [0.1, 0.15) is 30.9 Å². The Morgan fingerprint density at radius 1 is 0.912 bits per heavy atom. The lowest BCUT2D eigenvalue weighted by atomic mass is 10.00. The highest BCUT2D eigenvalue weighted by atomic mass is 32.1. The van der Waals surface area contributed by atoms with Crippen LogP contribution in [0.3, 0.4) is 0 Å². The van der Waals surface area contributed by atoms with Gasteiger partial charge in [-0.05, 0) is 41.8 Å². The molecule has 0 amide bonds. The van der Waals surface area contributed by atoms with Gasteiger partial charge in [0.15, 0.2) is 4.96 Å². The normalized spacial score (nSPS) is 12.4. The quantitative estimate of drug-likeness (QED) is 0.351. The molecule has 3 heterocycles. The zero-order valence-corrected chi connectivity index (χ0v) is 19.7. The summed E-state index contributed by atoms with van der Waals surface area (Å²) in [6.45, 7) is 4.37. The zero-order chi connectivity index (χ0) is 23.2. The molecule has 0 N–H and O–H groups in total. The molecule has 6 rings (SSSR count). The van der Waals surface area contributed by atoms with Gasteiger partial charge in [0.25, 0.3) is 5.56 Å². The van der Waals surface area contributed by atoms with Crippen LogP contribution in [-0.2, 0) is 0 Å². The maximum Gasteiger partial charge on any atom is 0.274 e. The molecule has 0 spiro atoms. The lowest BCUT2D eigenvalue weighted by Gasteiger charge is -2.06. The van der Waals surface area contributed by atoms with E-state index in [1.54, 1.807) is 4.40 Å². The number of fused-ring (bicyclic) bond motifs is 3. The fourth-order valence-electron chi connectivity index (χ4n) is 4.21. The highest BCUT2D eigenvalue weighted by Crippen LogP contribution is 2.26. The second-order valence-electron chi connectivity index (χ2n) is 8.62. The minimum atomic E-state index is -0.0535. The number of nitrogens with zero attached hydrogens (tertiary/aromatic N) is 4. The summed E-state index contributed by atoms with van der Waals surface area (Å²) < 4.78 is 4.21. The average molecular weight is 463 g/mol. The van der Waals surface area contributed by atoms with E-state index >= 15 is 0 Å². The molecule has 0 saturated heterocycles. The summed E-state index contributed by atoms with van der Waals surface area (Å²) in [5, 5.41) is 4.91. The average Bonchev–Trinajstić information content (AvgIpc) is 3.53. The van der Waals surface area contributed by atoms with Crippen molar-refractivity contribution in [3.63, 3.8) is 0 Å². The molecule has 0 aliphatic carbocycles. The van der Waals surface area contributed by atoms with E-state index in [1.165, 1.54) is 16.9 Å². The Morgan fingerprint density at radius 2 is 1.65 bits per heavy atom. The Hall–Kier alpha value is -4.03. The Labute approximate surface area is 200 Å². The first kappa shape index (κ1) is 20.6. The first-order chi connectivity index (χ1) is 16.6. The van der Waals surface area contributed by atoms with Gasteiger partial charge in [0, 0.05) is 17.3 Å². The van der Waals surface area contributed by atoms with Gasteiger partial charge in [-0.1, -0.05) is 79.8 Å². The number of thiazole rings is 1. The number of rotatable bonds is 4. The smallest absolute Gasteiger partial charge is 0.267 e. The van der Waals surface area contributed by atoms with Crippen molar-refractivity contribution < 1.29 is 0 Å². The number of imidazole rings is 1. The van der Waals surface area contributed by atoms with Crippen LogP contribution < -0.4 is 10.1 Å². The minimum Gasteiger partial charge on any atom is -0.267 e. The van der Waals surface area contributed by atoms with Crippen LogP contribution in [0.25, 0.3) is 39.0 Å². The van der Waals surface area contributed by atoms with Crippen molar-refractivity contribution in [2.24, 2.45) is 0 Å². The van der Waals surface area contributed by atoms with Crippen LogP contribution in [-0.4, -0.2) is 19.2 Å². The van der Waals surface area contributed by atoms with Crippen molar-refractivity contribution in [1.82, 2.24) is 19.2 Å². The molecule has 0 bridgehead atoms. The van der Waals surface area contributed by atoms with Gasteiger partial charge in [0.05, 0.1) is 26.9 Å². The summed E-state index contributed by atoms with van der Waals surface area (Å²) in [5.41, 5.74) is 6.62. The molecule has 166 valence electrons. The maximum absolute atomic E-state index is 13.3. The summed E-state index contributed by atoms with van der Waals surface area (Å²) >= 11 is 1.41. The first-order valence-electron chi connectivity index (χ1n) is 11.3. The predicted molar refractivity (Wildman–Crippen MR) is 139 cm³/mol. The molecule has 34 heavy (non-hydrogen) atoms. The molecule has 0 unspecified atom stereocenters. The van der Waals surface area contributed by atoms with Gasteiger partial charge in [-0.15, -0.1) is 0 Å². The molecular formula is C28H22N4OS. The number of hydrogen-bond donors (Lipinski definition) is 0. The highest BCUT2D eigenvalue weighted by Gasteiger charge is 2.14. The SMILES string of the molecule is CC(C)c1ccc(-c2nn(-c3ccccc3)cc2/C=c2\sc3nc4ccccc4n3c2=O)cc1. The fourth-order valence-corrected chi connectivity index (χ4v) is 5.19. The van der Waals surface area contributed by atoms with Gasteiger partial charge in [-0.3, -0.25) is 4.79 Å². The van der Waals surface area contributed by atoms with E-state index in [-0.39, 0.29) is 5.56 Å². The number of benzene rings is 3. The summed E-state index contributed by atoms with van der Waals surface area (Å²) in [6.07, 6.45) is 3.93. The van der Waals surface area contributed by atoms with Crippen molar-refractivity contribution in [1.29, 1.82) is 0 Å². The molecule has 3 aromatic carbocycles. The van der Waals surface area contributed by atoms with E-state index in [0.717, 1.165) is 33.5 Å². The Kier molecular flexibility index (Phi) is 4.89. The highest BCUT2D eigenvalue weighted by molar-refractivity contribution is 7.15. The largest absolute Gasteiger partial charge is 0.274 e. The Morgan fingerprint density at radius 3 is 2.41 bits per heavy atom. The van der Waals surface area contributed by atoms with E-state index in [2.05, 4.69) is 43.1 Å². The van der Waals surface area contributed by atoms with Crippen LogP contribution in [0.15, 0.2) is 89.9 Å². The van der Waals surface area contributed by atoms with Gasteiger partial charge >= 0.3 is 0 Å². The molecule has 0 atom stereocenters. The van der Waals surface area contributed by atoms with Crippen molar-refractivity contribution in [2.45, 2.75) is 19.8 Å². The van der Waals surface area contributed by atoms with Crippen molar-refractivity contribution in [3.05, 3.63) is 111 Å². The van der Waals surface area contributed by atoms with Crippen molar-refractivity contribution in [2.75, 3.05) is 0 Å². The number of aromatic nitrogens is 4. The molecule has 0 aliphatic rings. The van der Waals surface area contributed by atoms with Gasteiger partial charge in [0.1, 0.15) is 0 Å². The third kappa shape index (κ3) is 3.43. The fraction of sp³-hybridized carbons (Fsp3) is 0.107. The van der Waals surface area contributed by atoms with Crippen LogP contribution in [0.5, 0.6) is 0 Å². The Bertz CT molecular complexity index is 1740. The van der Waals surface area contributed by atoms with Crippen LogP contribution in [0, 0.1) is 0 Å². The summed E-state index contributed by atoms with van der Waals surface area (Å²) in [5.74, 6) is 0.460. The van der Waals surface area contributed by atoms with Crippen molar-refractivity contribution in [3.8, 4) is 16.9 Å². The molecular weight excluding hydrogens is 440 g/mol. The van der Waals surface area contributed by atoms with Gasteiger partial charge in [-0.2, -0.15) is 5.10 Å². The minimum absolute atomic E-state index is 0.0535. The molecule has 6 aromatic rings. The first-order valence-corrected chi connectivity index (χ1v) is 12.1. The second-order valence-corrected chi connectivity index (χ2v) is 9.63. The third-order valence-corrected chi connectivity index (χ3v) is 7.01. The zero-order valence-electron chi connectivity index (χ0n) is 18.8. The molecule has 0 saturated carbocycles. The van der Waals surface area contributed by atoms with Crippen LogP contribution in [0.4, 0.5) is 0 Å². The summed E-state index contributed by atoms with van der Waals surface area (Å²) in [4.78, 5) is 18.7. The lowest BCUT2D eigenvalue weighted by Crippen LogP contribution is -2.22. The molecule has 0 aliphatic heterocycles. The van der Waals surface area contributed by atoms with E-state index in [9.17, 15) is 4.79 Å².